The minimum atomic E-state index is -1.93. The van der Waals surface area contributed by atoms with Crippen molar-refractivity contribution in [2.45, 2.75) is 18.8 Å². The molecule has 0 bridgehead atoms. The molecule has 0 aliphatic rings. The SMILES string of the molecule is N=c1c2ncn(C[C@@H](O)[C@@H](O)C(=O)O)c2ncn1O. The number of nitrogens with one attached hydrogen (secondary N) is 1. The van der Waals surface area contributed by atoms with Crippen LogP contribution in [0.1, 0.15) is 0 Å². The highest BCUT2D eigenvalue weighted by Gasteiger charge is 2.24. The normalized spacial score (nSPS) is 14.4. The maximum absolute atomic E-state index is 10.5. The summed E-state index contributed by atoms with van der Waals surface area (Å²) in [6, 6.07) is 0. The van der Waals surface area contributed by atoms with Gasteiger partial charge in [0.05, 0.1) is 12.9 Å². The highest BCUT2D eigenvalue weighted by molar-refractivity contribution is 5.72. The topological polar surface area (TPSA) is 157 Å². The average Bonchev–Trinajstić information content (AvgIpc) is 2.76. The van der Waals surface area contributed by atoms with Gasteiger partial charge in [0, 0.05) is 0 Å². The molecular formula is C9H11N5O5. The maximum Gasteiger partial charge on any atom is 0.335 e. The fourth-order valence-corrected chi connectivity index (χ4v) is 1.55. The van der Waals surface area contributed by atoms with Crippen molar-refractivity contribution < 1.29 is 25.3 Å². The second-order valence-electron chi connectivity index (χ2n) is 3.86. The molecule has 5 N–H and O–H groups in total. The molecule has 2 heterocycles. The quantitative estimate of drug-likeness (QED) is 0.392. The van der Waals surface area contributed by atoms with Crippen molar-refractivity contribution >= 4 is 17.1 Å². The molecule has 10 nitrogen and oxygen atoms in total. The van der Waals surface area contributed by atoms with E-state index in [1.54, 1.807) is 0 Å². The molecular weight excluding hydrogens is 258 g/mol. The molecule has 2 atom stereocenters. The van der Waals surface area contributed by atoms with Crippen LogP contribution >= 0.6 is 0 Å². The molecule has 0 saturated heterocycles. The first-order valence-electron chi connectivity index (χ1n) is 5.17. The number of aliphatic hydroxyl groups is 2. The zero-order valence-electron chi connectivity index (χ0n) is 9.50. The van der Waals surface area contributed by atoms with Crippen LogP contribution in [0.2, 0.25) is 0 Å². The van der Waals surface area contributed by atoms with Crippen molar-refractivity contribution in [1.82, 2.24) is 19.3 Å². The first-order chi connectivity index (χ1) is 8.91. The van der Waals surface area contributed by atoms with Gasteiger partial charge in [0.1, 0.15) is 12.4 Å². The summed E-state index contributed by atoms with van der Waals surface area (Å²) in [4.78, 5) is 18.2. The molecule has 0 saturated carbocycles. The maximum atomic E-state index is 10.5. The molecule has 2 aromatic heterocycles. The predicted molar refractivity (Wildman–Crippen MR) is 58.2 cm³/mol. The van der Waals surface area contributed by atoms with Crippen LogP contribution in [0.3, 0.4) is 0 Å². The van der Waals surface area contributed by atoms with Gasteiger partial charge in [-0.25, -0.2) is 14.8 Å². The number of carboxylic acid groups (broad SMARTS) is 1. The zero-order valence-corrected chi connectivity index (χ0v) is 9.50. The van der Waals surface area contributed by atoms with E-state index in [1.807, 2.05) is 0 Å². The van der Waals surface area contributed by atoms with Crippen molar-refractivity contribution in [2.75, 3.05) is 0 Å². The number of imidazole rings is 1. The van der Waals surface area contributed by atoms with Crippen molar-refractivity contribution in [1.29, 1.82) is 5.41 Å². The van der Waals surface area contributed by atoms with Crippen molar-refractivity contribution in [3.63, 3.8) is 0 Å². The monoisotopic (exact) mass is 269 g/mol. The lowest BCUT2D eigenvalue weighted by Gasteiger charge is -2.14. The summed E-state index contributed by atoms with van der Waals surface area (Å²) in [6.07, 6.45) is -1.28. The number of aliphatic carboxylic acids is 1. The Morgan fingerprint density at radius 3 is 2.68 bits per heavy atom. The number of carboxylic acids is 1. The van der Waals surface area contributed by atoms with Gasteiger partial charge in [-0.1, -0.05) is 0 Å². The van der Waals surface area contributed by atoms with E-state index in [0.29, 0.717) is 4.73 Å². The van der Waals surface area contributed by atoms with Crippen LogP contribution in [-0.2, 0) is 11.3 Å². The largest absolute Gasteiger partial charge is 0.479 e. The van der Waals surface area contributed by atoms with Crippen molar-refractivity contribution in [2.24, 2.45) is 0 Å². The Labute approximate surface area is 105 Å². The first-order valence-corrected chi connectivity index (χ1v) is 5.17. The van der Waals surface area contributed by atoms with Gasteiger partial charge in [-0.15, -0.1) is 0 Å². The molecule has 19 heavy (non-hydrogen) atoms. The van der Waals surface area contributed by atoms with E-state index in [1.165, 1.54) is 10.9 Å². The molecule has 0 spiro atoms. The minimum absolute atomic E-state index is 0.0852. The van der Waals surface area contributed by atoms with E-state index < -0.39 is 18.2 Å². The fourth-order valence-electron chi connectivity index (χ4n) is 1.55. The second kappa shape index (κ2) is 4.66. The predicted octanol–water partition coefficient (Wildman–Crippen LogP) is -2.24. The summed E-state index contributed by atoms with van der Waals surface area (Å²) >= 11 is 0. The fraction of sp³-hybridized carbons (Fsp3) is 0.333. The third-order valence-corrected chi connectivity index (χ3v) is 2.55. The average molecular weight is 269 g/mol. The van der Waals surface area contributed by atoms with Crippen molar-refractivity contribution in [3.8, 4) is 0 Å². The second-order valence-corrected chi connectivity index (χ2v) is 3.86. The highest BCUT2D eigenvalue weighted by Crippen LogP contribution is 2.07. The van der Waals surface area contributed by atoms with E-state index in [4.69, 9.17) is 10.5 Å². The summed E-state index contributed by atoms with van der Waals surface area (Å²) in [5, 5.41) is 44.0. The molecule has 10 heteroatoms. The lowest BCUT2D eigenvalue weighted by Crippen LogP contribution is -2.36. The molecule has 0 radical (unpaired) electrons. The van der Waals surface area contributed by atoms with E-state index in [0.717, 1.165) is 6.33 Å². The number of hydrogen-bond acceptors (Lipinski definition) is 7. The number of nitrogens with zero attached hydrogens (tertiary/aromatic N) is 4. The van der Waals surface area contributed by atoms with E-state index >= 15 is 0 Å². The number of fused-ring (bicyclic) bond motifs is 1. The number of hydrogen-bond donors (Lipinski definition) is 5. The Hall–Kier alpha value is -2.46. The van der Waals surface area contributed by atoms with Gasteiger partial charge in [-0.2, -0.15) is 4.73 Å². The number of aliphatic hydroxyl groups excluding tert-OH is 2. The lowest BCUT2D eigenvalue weighted by molar-refractivity contribution is -0.153. The smallest absolute Gasteiger partial charge is 0.335 e. The molecule has 0 amide bonds. The summed E-state index contributed by atoms with van der Waals surface area (Å²) in [6.45, 7) is -0.258. The minimum Gasteiger partial charge on any atom is -0.479 e. The summed E-state index contributed by atoms with van der Waals surface area (Å²) in [7, 11) is 0. The van der Waals surface area contributed by atoms with E-state index in [-0.39, 0.29) is 23.2 Å². The first kappa shape index (κ1) is 13.0. The standard InChI is InChI=1S/C9H11N5O5/c10-7-5-8(12-3-14(7)19)13(2-11-5)1-4(15)6(16)9(17)18/h2-4,6,10,15-16,19H,1H2,(H,17,18)/t4-,6-/m1/s1. The molecule has 0 fully saturated rings. The summed E-state index contributed by atoms with van der Waals surface area (Å²) in [5.74, 6) is -1.54. The third kappa shape index (κ3) is 2.26. The number of carbonyl (C=O) groups is 1. The Bertz CT molecular complexity index is 677. The Morgan fingerprint density at radius 2 is 2.05 bits per heavy atom. The van der Waals surface area contributed by atoms with Gasteiger partial charge in [-0.05, 0) is 0 Å². The van der Waals surface area contributed by atoms with Crippen LogP contribution in [0, 0.1) is 5.41 Å². The molecule has 102 valence electrons. The molecule has 0 unspecified atom stereocenters. The molecule has 0 aliphatic carbocycles. The van der Waals surface area contributed by atoms with Crippen molar-refractivity contribution in [3.05, 3.63) is 18.1 Å². The van der Waals surface area contributed by atoms with Gasteiger partial charge < -0.3 is 25.1 Å². The summed E-state index contributed by atoms with van der Waals surface area (Å²) in [5.41, 5.74) is -0.0222. The molecule has 2 aromatic rings. The third-order valence-electron chi connectivity index (χ3n) is 2.55. The van der Waals surface area contributed by atoms with Crippen LogP contribution in [0.5, 0.6) is 0 Å². The molecule has 2 rings (SSSR count). The van der Waals surface area contributed by atoms with Gasteiger partial charge in [0.15, 0.2) is 22.8 Å². The highest BCUT2D eigenvalue weighted by atomic mass is 16.5. The summed E-state index contributed by atoms with van der Waals surface area (Å²) < 4.78 is 1.76. The van der Waals surface area contributed by atoms with Gasteiger partial charge >= 0.3 is 5.97 Å². The Morgan fingerprint density at radius 1 is 1.37 bits per heavy atom. The van der Waals surface area contributed by atoms with Crippen LogP contribution < -0.4 is 5.49 Å². The lowest BCUT2D eigenvalue weighted by atomic mass is 10.2. The molecule has 0 aromatic carbocycles. The van der Waals surface area contributed by atoms with Crippen LogP contribution in [0.15, 0.2) is 12.7 Å². The van der Waals surface area contributed by atoms with E-state index in [2.05, 4.69) is 9.97 Å². The molecule has 0 aliphatic heterocycles. The van der Waals surface area contributed by atoms with Gasteiger partial charge in [0.25, 0.3) is 0 Å². The van der Waals surface area contributed by atoms with Gasteiger partial charge in [0.2, 0.25) is 0 Å². The van der Waals surface area contributed by atoms with Crippen LogP contribution in [-0.4, -0.2) is 58.0 Å². The number of rotatable bonds is 4. The van der Waals surface area contributed by atoms with E-state index in [9.17, 15) is 20.2 Å². The zero-order chi connectivity index (χ0) is 14.2. The van der Waals surface area contributed by atoms with Crippen LogP contribution in [0.25, 0.3) is 11.2 Å². The number of aromatic nitrogens is 4. The van der Waals surface area contributed by atoms with Gasteiger partial charge in [-0.3, -0.25) is 5.41 Å². The Kier molecular flexibility index (Phi) is 3.19. The Balaban J connectivity index is 2.35. The van der Waals surface area contributed by atoms with Crippen LogP contribution in [0.4, 0.5) is 0 Å².